The molecule has 1 amide bonds. The Kier molecular flexibility index (Phi) is 5.81. The van der Waals surface area contributed by atoms with Crippen molar-refractivity contribution in [3.05, 3.63) is 29.8 Å². The number of sulfonamides is 1. The average molecular weight is 384 g/mol. The lowest BCUT2D eigenvalue weighted by molar-refractivity contribution is 0.0421. The summed E-state index contributed by atoms with van der Waals surface area (Å²) in [7, 11) is -0.399. The standard InChI is InChI=1S/C17H24N2O6S/c1-23-8-7-19-14-11-18(12-16(14)25-9-10-26(19,21)22)17(20)13-5-3-4-6-15(13)24-2/h3-6,14,16H,7-12H2,1-2H3/t14-,16+/m1/s1. The van der Waals surface area contributed by atoms with Gasteiger partial charge in [0.25, 0.3) is 5.91 Å². The highest BCUT2D eigenvalue weighted by molar-refractivity contribution is 7.89. The minimum absolute atomic E-state index is 0.0514. The zero-order valence-electron chi connectivity index (χ0n) is 15.0. The normalized spacial score (nSPS) is 25.5. The van der Waals surface area contributed by atoms with Crippen LogP contribution >= 0.6 is 0 Å². The Labute approximate surface area is 153 Å². The van der Waals surface area contributed by atoms with Crippen LogP contribution in [0, 0.1) is 0 Å². The Morgan fingerprint density at radius 2 is 2.04 bits per heavy atom. The number of rotatable bonds is 5. The summed E-state index contributed by atoms with van der Waals surface area (Å²) in [6.45, 7) is 1.30. The van der Waals surface area contributed by atoms with Gasteiger partial charge in [0.15, 0.2) is 0 Å². The molecule has 2 atom stereocenters. The molecule has 0 unspecified atom stereocenters. The lowest BCUT2D eigenvalue weighted by Gasteiger charge is -2.27. The molecule has 2 aliphatic heterocycles. The van der Waals surface area contributed by atoms with E-state index in [4.69, 9.17) is 14.2 Å². The van der Waals surface area contributed by atoms with Crippen LogP contribution in [0.2, 0.25) is 0 Å². The Morgan fingerprint density at radius 1 is 1.27 bits per heavy atom. The molecule has 9 heteroatoms. The first-order valence-electron chi connectivity index (χ1n) is 8.50. The van der Waals surface area contributed by atoms with Gasteiger partial charge >= 0.3 is 0 Å². The van der Waals surface area contributed by atoms with E-state index in [1.54, 1.807) is 29.2 Å². The van der Waals surface area contributed by atoms with E-state index >= 15 is 0 Å². The Morgan fingerprint density at radius 3 is 2.77 bits per heavy atom. The number of carbonyl (C=O) groups excluding carboxylic acids is 1. The summed E-state index contributed by atoms with van der Waals surface area (Å²) in [5, 5.41) is 0. The predicted molar refractivity (Wildman–Crippen MR) is 94.8 cm³/mol. The number of para-hydroxylation sites is 1. The van der Waals surface area contributed by atoms with Crippen molar-refractivity contribution in [2.24, 2.45) is 0 Å². The van der Waals surface area contributed by atoms with Crippen molar-refractivity contribution in [1.29, 1.82) is 0 Å². The predicted octanol–water partition coefficient (Wildman–Crippen LogP) is 0.197. The molecule has 2 fully saturated rings. The molecule has 26 heavy (non-hydrogen) atoms. The van der Waals surface area contributed by atoms with E-state index < -0.39 is 16.1 Å². The highest BCUT2D eigenvalue weighted by Gasteiger charge is 2.45. The van der Waals surface area contributed by atoms with E-state index in [2.05, 4.69) is 0 Å². The number of ether oxygens (including phenoxy) is 3. The van der Waals surface area contributed by atoms with E-state index in [1.807, 2.05) is 0 Å². The third-order valence-corrected chi connectivity index (χ3v) is 6.63. The fraction of sp³-hybridized carbons (Fsp3) is 0.588. The molecule has 0 aromatic heterocycles. The first kappa shape index (κ1) is 19.1. The van der Waals surface area contributed by atoms with Crippen LogP contribution in [0.25, 0.3) is 0 Å². The Balaban J connectivity index is 1.83. The summed E-state index contributed by atoms with van der Waals surface area (Å²) in [5.74, 6) is 0.252. The van der Waals surface area contributed by atoms with Gasteiger partial charge in [0.1, 0.15) is 5.75 Å². The van der Waals surface area contributed by atoms with Gasteiger partial charge in [-0.3, -0.25) is 4.79 Å². The second-order valence-corrected chi connectivity index (χ2v) is 8.35. The van der Waals surface area contributed by atoms with Crippen molar-refractivity contribution in [2.45, 2.75) is 12.1 Å². The molecule has 0 bridgehead atoms. The quantitative estimate of drug-likeness (QED) is 0.721. The lowest BCUT2D eigenvalue weighted by Crippen LogP contribution is -2.47. The summed E-state index contributed by atoms with van der Waals surface area (Å²) in [6.07, 6.45) is -0.345. The topological polar surface area (TPSA) is 85.4 Å². The molecule has 2 saturated heterocycles. The molecule has 0 saturated carbocycles. The summed E-state index contributed by atoms with van der Waals surface area (Å²) < 4.78 is 42.6. The zero-order chi connectivity index (χ0) is 18.7. The fourth-order valence-electron chi connectivity index (χ4n) is 3.47. The van der Waals surface area contributed by atoms with Crippen molar-refractivity contribution >= 4 is 15.9 Å². The van der Waals surface area contributed by atoms with E-state index in [1.165, 1.54) is 18.5 Å². The Hall–Kier alpha value is -1.68. The smallest absolute Gasteiger partial charge is 0.257 e. The highest BCUT2D eigenvalue weighted by atomic mass is 32.2. The summed E-state index contributed by atoms with van der Waals surface area (Å²) in [5.41, 5.74) is 0.456. The third kappa shape index (κ3) is 3.71. The number of fused-ring (bicyclic) bond motifs is 1. The molecule has 0 spiro atoms. The van der Waals surface area contributed by atoms with Crippen LogP contribution in [0.1, 0.15) is 10.4 Å². The molecular weight excluding hydrogens is 360 g/mol. The van der Waals surface area contributed by atoms with Gasteiger partial charge in [0.05, 0.1) is 43.8 Å². The maximum Gasteiger partial charge on any atom is 0.257 e. The van der Waals surface area contributed by atoms with Crippen LogP contribution < -0.4 is 4.74 Å². The fourth-order valence-corrected chi connectivity index (χ4v) is 4.98. The van der Waals surface area contributed by atoms with E-state index in [9.17, 15) is 13.2 Å². The van der Waals surface area contributed by atoms with E-state index in [-0.39, 0.29) is 37.5 Å². The third-order valence-electron chi connectivity index (χ3n) is 4.78. The molecule has 3 rings (SSSR count). The van der Waals surface area contributed by atoms with Gasteiger partial charge in [-0.2, -0.15) is 4.31 Å². The van der Waals surface area contributed by atoms with Gasteiger partial charge < -0.3 is 19.1 Å². The molecule has 0 N–H and O–H groups in total. The largest absolute Gasteiger partial charge is 0.496 e. The SMILES string of the molecule is COCCN1[C@@H]2CN(C(=O)c3ccccc3OC)C[C@@H]2OCCS1(=O)=O. The van der Waals surface area contributed by atoms with Crippen LogP contribution in [0.15, 0.2) is 24.3 Å². The minimum atomic E-state index is -3.45. The van der Waals surface area contributed by atoms with E-state index in [0.29, 0.717) is 24.5 Å². The summed E-state index contributed by atoms with van der Waals surface area (Å²) in [6, 6.07) is 6.60. The summed E-state index contributed by atoms with van der Waals surface area (Å²) in [4.78, 5) is 14.6. The van der Waals surface area contributed by atoms with E-state index in [0.717, 1.165) is 0 Å². The maximum atomic E-state index is 12.9. The number of benzene rings is 1. The number of carbonyl (C=O) groups is 1. The molecule has 2 aliphatic rings. The molecule has 0 aliphatic carbocycles. The van der Waals surface area contributed by atoms with Crippen molar-refractivity contribution in [3.8, 4) is 5.75 Å². The summed E-state index contributed by atoms with van der Waals surface area (Å²) >= 11 is 0. The van der Waals surface area contributed by atoms with Crippen LogP contribution in [-0.4, -0.2) is 88.5 Å². The van der Waals surface area contributed by atoms with Gasteiger partial charge in [-0.1, -0.05) is 12.1 Å². The van der Waals surface area contributed by atoms with Crippen LogP contribution in [-0.2, 0) is 19.5 Å². The number of methoxy groups -OCH3 is 2. The number of nitrogens with zero attached hydrogens (tertiary/aromatic N) is 2. The van der Waals surface area contributed by atoms with Crippen molar-refractivity contribution < 1.29 is 27.4 Å². The first-order valence-corrected chi connectivity index (χ1v) is 10.1. The monoisotopic (exact) mass is 384 g/mol. The Bertz CT molecular complexity index is 753. The molecule has 144 valence electrons. The molecule has 0 radical (unpaired) electrons. The lowest BCUT2D eigenvalue weighted by atomic mass is 10.2. The van der Waals surface area contributed by atoms with Crippen LogP contribution in [0.5, 0.6) is 5.75 Å². The highest BCUT2D eigenvalue weighted by Crippen LogP contribution is 2.28. The van der Waals surface area contributed by atoms with Crippen molar-refractivity contribution in [2.75, 3.05) is 52.8 Å². The van der Waals surface area contributed by atoms with Crippen molar-refractivity contribution in [1.82, 2.24) is 9.21 Å². The van der Waals surface area contributed by atoms with Crippen LogP contribution in [0.3, 0.4) is 0 Å². The van der Waals surface area contributed by atoms with Gasteiger partial charge in [-0.25, -0.2) is 8.42 Å². The molecule has 1 aromatic carbocycles. The number of likely N-dealkylation sites (tertiary alicyclic amines) is 1. The minimum Gasteiger partial charge on any atom is -0.496 e. The van der Waals surface area contributed by atoms with Gasteiger partial charge in [0.2, 0.25) is 10.0 Å². The van der Waals surface area contributed by atoms with Gasteiger partial charge in [0, 0.05) is 26.7 Å². The number of hydrogen-bond acceptors (Lipinski definition) is 6. The zero-order valence-corrected chi connectivity index (χ0v) is 15.8. The molecule has 1 aromatic rings. The van der Waals surface area contributed by atoms with Crippen LogP contribution in [0.4, 0.5) is 0 Å². The second-order valence-electron chi connectivity index (χ2n) is 6.31. The maximum absolute atomic E-state index is 12.9. The van der Waals surface area contributed by atoms with Gasteiger partial charge in [-0.05, 0) is 12.1 Å². The molecule has 2 heterocycles. The molecule has 8 nitrogen and oxygen atoms in total. The number of amides is 1. The average Bonchev–Trinajstić information content (AvgIpc) is 3.00. The van der Waals surface area contributed by atoms with Crippen molar-refractivity contribution in [3.63, 3.8) is 0 Å². The first-order chi connectivity index (χ1) is 12.5. The second kappa shape index (κ2) is 7.91. The van der Waals surface area contributed by atoms with Gasteiger partial charge in [-0.15, -0.1) is 0 Å². The molecular formula is C17H24N2O6S. The number of hydrogen-bond donors (Lipinski definition) is 0.